The number of rotatable bonds is 6. The molecule has 1 aliphatic heterocycles. The highest BCUT2D eigenvalue weighted by atomic mass is 32.1. The number of nitrogens with zero attached hydrogens (tertiary/aromatic N) is 2. The Morgan fingerprint density at radius 2 is 1.94 bits per heavy atom. The van der Waals surface area contributed by atoms with Crippen LogP contribution in [0.2, 0.25) is 0 Å². The number of furan rings is 1. The van der Waals surface area contributed by atoms with Crippen molar-refractivity contribution >= 4 is 40.0 Å². The summed E-state index contributed by atoms with van der Waals surface area (Å²) < 4.78 is 5.20. The number of carbonyl (C=O) groups is 3. The number of ketones is 2. The van der Waals surface area contributed by atoms with E-state index < -0.39 is 23.5 Å². The second-order valence-corrected chi connectivity index (χ2v) is 7.91. The molecule has 156 valence electrons. The standard InChI is InChI=1S/C23H18N2O5S/c1-13-21(14(2)26)31-23(24-13)25-19(15-7-4-3-5-8-15)18(20(28)22(25)29)17(27)11-10-16-9-6-12-30-16/h3-12,19,28H,1-2H3/b11-10+/t19-/m0/s1. The minimum absolute atomic E-state index is 0.0590. The molecule has 8 heteroatoms. The van der Waals surface area contributed by atoms with E-state index in [0.29, 0.717) is 21.9 Å². The summed E-state index contributed by atoms with van der Waals surface area (Å²) >= 11 is 1.06. The summed E-state index contributed by atoms with van der Waals surface area (Å²) in [5, 5.41) is 10.9. The maximum absolute atomic E-state index is 13.0. The topological polar surface area (TPSA) is 101 Å². The minimum atomic E-state index is -0.882. The zero-order chi connectivity index (χ0) is 22.1. The Bertz CT molecular complexity index is 1220. The van der Waals surface area contributed by atoms with Gasteiger partial charge >= 0.3 is 0 Å². The van der Waals surface area contributed by atoms with Crippen LogP contribution in [0, 0.1) is 6.92 Å². The number of hydrogen-bond acceptors (Lipinski definition) is 7. The monoisotopic (exact) mass is 434 g/mol. The Labute approximate surface area is 182 Å². The van der Waals surface area contributed by atoms with Gasteiger partial charge in [-0.3, -0.25) is 19.3 Å². The van der Waals surface area contributed by atoms with Gasteiger partial charge in [-0.2, -0.15) is 0 Å². The normalized spacial score (nSPS) is 16.5. The molecule has 31 heavy (non-hydrogen) atoms. The Morgan fingerprint density at radius 1 is 1.19 bits per heavy atom. The molecule has 1 aliphatic rings. The summed E-state index contributed by atoms with van der Waals surface area (Å²) in [7, 11) is 0. The van der Waals surface area contributed by atoms with E-state index in [4.69, 9.17) is 4.42 Å². The first-order valence-corrected chi connectivity index (χ1v) is 10.3. The van der Waals surface area contributed by atoms with E-state index in [0.717, 1.165) is 11.3 Å². The van der Waals surface area contributed by atoms with Crippen LogP contribution < -0.4 is 4.90 Å². The molecule has 0 radical (unpaired) electrons. The average molecular weight is 434 g/mol. The first kappa shape index (κ1) is 20.5. The molecule has 0 bridgehead atoms. The van der Waals surface area contributed by atoms with Crippen molar-refractivity contribution in [3.63, 3.8) is 0 Å². The van der Waals surface area contributed by atoms with E-state index in [1.807, 2.05) is 6.07 Å². The lowest BCUT2D eigenvalue weighted by Crippen LogP contribution is -2.30. The molecule has 1 amide bonds. The van der Waals surface area contributed by atoms with Crippen molar-refractivity contribution in [2.24, 2.45) is 0 Å². The van der Waals surface area contributed by atoms with Gasteiger partial charge in [0.25, 0.3) is 5.91 Å². The van der Waals surface area contributed by atoms with Gasteiger partial charge in [-0.1, -0.05) is 41.7 Å². The molecule has 4 rings (SSSR count). The number of allylic oxidation sites excluding steroid dienone is 1. The Balaban J connectivity index is 1.80. The number of thiazole rings is 1. The summed E-state index contributed by atoms with van der Waals surface area (Å²) in [4.78, 5) is 44.0. The molecule has 1 atom stereocenters. The summed E-state index contributed by atoms with van der Waals surface area (Å²) in [5.74, 6) is -1.61. The maximum Gasteiger partial charge on any atom is 0.296 e. The number of anilines is 1. The fourth-order valence-corrected chi connectivity index (χ4v) is 4.44. The second kappa shape index (κ2) is 8.16. The van der Waals surface area contributed by atoms with Gasteiger partial charge in [-0.05, 0) is 36.8 Å². The van der Waals surface area contributed by atoms with Crippen LogP contribution in [0.1, 0.15) is 39.7 Å². The van der Waals surface area contributed by atoms with Gasteiger partial charge in [-0.15, -0.1) is 0 Å². The first-order valence-electron chi connectivity index (χ1n) is 9.44. The van der Waals surface area contributed by atoms with Crippen molar-refractivity contribution < 1.29 is 23.9 Å². The number of amides is 1. The van der Waals surface area contributed by atoms with Gasteiger partial charge in [0.1, 0.15) is 5.76 Å². The summed E-state index contributed by atoms with van der Waals surface area (Å²) in [6, 6.07) is 11.4. The largest absolute Gasteiger partial charge is 0.503 e. The first-order chi connectivity index (χ1) is 14.9. The second-order valence-electron chi connectivity index (χ2n) is 6.93. The number of aliphatic hydroxyl groups is 1. The third-order valence-corrected chi connectivity index (χ3v) is 6.10. The molecular formula is C23H18N2O5S. The Hall–Kier alpha value is -3.78. The number of benzene rings is 1. The van der Waals surface area contributed by atoms with E-state index in [1.54, 1.807) is 43.3 Å². The van der Waals surface area contributed by atoms with Crippen LogP contribution in [0.25, 0.3) is 6.08 Å². The van der Waals surface area contributed by atoms with E-state index in [2.05, 4.69) is 4.98 Å². The number of aryl methyl sites for hydroxylation is 1. The van der Waals surface area contributed by atoms with E-state index in [-0.39, 0.29) is 16.5 Å². The third-order valence-electron chi connectivity index (χ3n) is 4.84. The molecule has 1 N–H and O–H groups in total. The van der Waals surface area contributed by atoms with Crippen molar-refractivity contribution in [3.8, 4) is 0 Å². The molecule has 0 spiro atoms. The molecule has 3 heterocycles. The zero-order valence-electron chi connectivity index (χ0n) is 16.7. The Kier molecular flexibility index (Phi) is 5.39. The highest BCUT2D eigenvalue weighted by molar-refractivity contribution is 7.17. The lowest BCUT2D eigenvalue weighted by Gasteiger charge is -2.24. The predicted molar refractivity (Wildman–Crippen MR) is 116 cm³/mol. The van der Waals surface area contributed by atoms with Crippen LogP contribution >= 0.6 is 11.3 Å². The number of hydrogen-bond donors (Lipinski definition) is 1. The van der Waals surface area contributed by atoms with Crippen molar-refractivity contribution in [2.75, 3.05) is 4.90 Å². The number of aliphatic hydroxyl groups excluding tert-OH is 1. The molecule has 2 aromatic heterocycles. The number of aromatic nitrogens is 1. The maximum atomic E-state index is 13.0. The van der Waals surface area contributed by atoms with Crippen LogP contribution in [-0.4, -0.2) is 27.6 Å². The highest BCUT2D eigenvalue weighted by Gasteiger charge is 2.45. The van der Waals surface area contributed by atoms with Gasteiger partial charge in [0.2, 0.25) is 0 Å². The smallest absolute Gasteiger partial charge is 0.296 e. The van der Waals surface area contributed by atoms with Crippen molar-refractivity contribution in [2.45, 2.75) is 19.9 Å². The lowest BCUT2D eigenvalue weighted by molar-refractivity contribution is -0.117. The van der Waals surface area contributed by atoms with Gasteiger partial charge in [-0.25, -0.2) is 4.98 Å². The zero-order valence-corrected chi connectivity index (χ0v) is 17.6. The molecule has 0 saturated heterocycles. The summed E-state index contributed by atoms with van der Waals surface area (Å²) in [5.41, 5.74) is 1.06. The third kappa shape index (κ3) is 3.73. The average Bonchev–Trinajstić information content (AvgIpc) is 3.46. The van der Waals surface area contributed by atoms with E-state index in [1.165, 1.54) is 30.2 Å². The van der Waals surface area contributed by atoms with Crippen LogP contribution in [0.4, 0.5) is 5.13 Å². The Morgan fingerprint density at radius 3 is 2.55 bits per heavy atom. The lowest BCUT2D eigenvalue weighted by atomic mass is 9.96. The molecule has 0 fully saturated rings. The van der Waals surface area contributed by atoms with Crippen LogP contribution in [-0.2, 0) is 9.59 Å². The van der Waals surface area contributed by atoms with E-state index in [9.17, 15) is 19.5 Å². The fraction of sp³-hybridized carbons (Fsp3) is 0.130. The highest BCUT2D eigenvalue weighted by Crippen LogP contribution is 2.43. The van der Waals surface area contributed by atoms with Crippen molar-refractivity contribution in [1.82, 2.24) is 4.98 Å². The van der Waals surface area contributed by atoms with Gasteiger partial charge < -0.3 is 9.52 Å². The van der Waals surface area contributed by atoms with Crippen LogP contribution in [0.5, 0.6) is 0 Å². The molecular weight excluding hydrogens is 416 g/mol. The summed E-state index contributed by atoms with van der Waals surface area (Å²) in [6.45, 7) is 3.11. The van der Waals surface area contributed by atoms with Gasteiger partial charge in [0, 0.05) is 6.92 Å². The molecule has 0 saturated carbocycles. The quantitative estimate of drug-likeness (QED) is 0.455. The van der Waals surface area contributed by atoms with Crippen LogP contribution in [0.3, 0.4) is 0 Å². The molecule has 0 unspecified atom stereocenters. The van der Waals surface area contributed by atoms with E-state index >= 15 is 0 Å². The van der Waals surface area contributed by atoms with Crippen LogP contribution in [0.15, 0.2) is 70.6 Å². The summed E-state index contributed by atoms with van der Waals surface area (Å²) in [6.07, 6.45) is 4.20. The SMILES string of the molecule is CC(=O)c1sc(N2C(=O)C(O)=C(C(=O)/C=C/c3ccco3)[C@@H]2c2ccccc2)nc1C. The fourth-order valence-electron chi connectivity index (χ4n) is 3.45. The molecule has 1 aromatic carbocycles. The molecule has 3 aromatic rings. The number of carbonyl (C=O) groups excluding carboxylic acids is 3. The number of Topliss-reactive ketones (excluding diaryl/α,β-unsaturated/α-hetero) is 1. The van der Waals surface area contributed by atoms with Crippen molar-refractivity contribution in [3.05, 3.63) is 88.0 Å². The van der Waals surface area contributed by atoms with Crippen molar-refractivity contribution in [1.29, 1.82) is 0 Å². The molecule has 7 nitrogen and oxygen atoms in total. The molecule has 0 aliphatic carbocycles. The predicted octanol–water partition coefficient (Wildman–Crippen LogP) is 4.43. The van der Waals surface area contributed by atoms with Gasteiger partial charge in [0.15, 0.2) is 22.5 Å². The minimum Gasteiger partial charge on any atom is -0.503 e. The van der Waals surface area contributed by atoms with Gasteiger partial charge in [0.05, 0.1) is 28.4 Å².